The molecule has 0 N–H and O–H groups in total. The van der Waals surface area contributed by atoms with Crippen LogP contribution in [0.1, 0.15) is 39.8 Å². The molecule has 120 valence electrons. The summed E-state index contributed by atoms with van der Waals surface area (Å²) in [6, 6.07) is 16.0. The number of rotatable bonds is 2. The molecule has 24 heavy (non-hydrogen) atoms. The summed E-state index contributed by atoms with van der Waals surface area (Å²) >= 11 is 0. The van der Waals surface area contributed by atoms with Gasteiger partial charge in [0.1, 0.15) is 0 Å². The molecule has 2 heterocycles. The minimum absolute atomic E-state index is 0.0667. The Kier molecular flexibility index (Phi) is 3.53. The minimum atomic E-state index is 0.0667. The number of aromatic nitrogens is 2. The first kappa shape index (κ1) is 14.8. The Hall–Kier alpha value is -2.75. The van der Waals surface area contributed by atoms with Crippen LogP contribution in [0.25, 0.3) is 11.0 Å². The molecule has 3 aromatic rings. The zero-order valence-corrected chi connectivity index (χ0v) is 13.9. The van der Waals surface area contributed by atoms with Gasteiger partial charge in [0.05, 0.1) is 28.5 Å². The third kappa shape index (κ3) is 2.44. The zero-order chi connectivity index (χ0) is 16.7. The van der Waals surface area contributed by atoms with E-state index in [1.54, 1.807) is 0 Å². The standard InChI is InChI=1S/C20H19N3O/c1-13-14(2)22-18-12-16(8-9-17(18)21-13)20(24)23-11-10-19(23)15-6-4-3-5-7-15/h3-9,12,19H,10-11H2,1-2H3/t19-/m1/s1. The smallest absolute Gasteiger partial charge is 0.254 e. The van der Waals surface area contributed by atoms with Crippen LogP contribution in [0, 0.1) is 13.8 Å². The number of benzene rings is 2. The SMILES string of the molecule is Cc1nc2ccc(C(=O)N3CC[C@@H]3c3ccccc3)cc2nc1C. The van der Waals surface area contributed by atoms with Crippen molar-refractivity contribution in [3.63, 3.8) is 0 Å². The van der Waals surface area contributed by atoms with E-state index < -0.39 is 0 Å². The lowest BCUT2D eigenvalue weighted by Gasteiger charge is -2.41. The summed E-state index contributed by atoms with van der Waals surface area (Å²) in [4.78, 5) is 23.9. The van der Waals surface area contributed by atoms with E-state index in [0.29, 0.717) is 5.56 Å². The van der Waals surface area contributed by atoms with Crippen molar-refractivity contribution in [2.24, 2.45) is 0 Å². The van der Waals surface area contributed by atoms with Gasteiger partial charge in [-0.05, 0) is 44.0 Å². The Balaban J connectivity index is 1.65. The Morgan fingerprint density at radius 1 is 1.00 bits per heavy atom. The van der Waals surface area contributed by atoms with Crippen LogP contribution < -0.4 is 0 Å². The van der Waals surface area contributed by atoms with Crippen molar-refractivity contribution in [1.82, 2.24) is 14.9 Å². The largest absolute Gasteiger partial charge is 0.331 e. The number of amides is 1. The molecule has 1 aromatic heterocycles. The van der Waals surface area contributed by atoms with Gasteiger partial charge in [0.15, 0.2) is 0 Å². The van der Waals surface area contributed by atoms with Gasteiger partial charge in [0, 0.05) is 12.1 Å². The zero-order valence-electron chi connectivity index (χ0n) is 13.9. The molecule has 1 saturated heterocycles. The van der Waals surface area contributed by atoms with Gasteiger partial charge < -0.3 is 4.90 Å². The maximum absolute atomic E-state index is 12.9. The molecular formula is C20H19N3O. The number of hydrogen-bond acceptors (Lipinski definition) is 3. The van der Waals surface area contributed by atoms with Gasteiger partial charge in [-0.3, -0.25) is 4.79 Å². The van der Waals surface area contributed by atoms with E-state index in [0.717, 1.165) is 35.4 Å². The van der Waals surface area contributed by atoms with Crippen molar-refractivity contribution in [3.8, 4) is 0 Å². The predicted octanol–water partition coefficient (Wildman–Crippen LogP) is 3.83. The lowest BCUT2D eigenvalue weighted by atomic mass is 9.93. The molecule has 1 aliphatic rings. The van der Waals surface area contributed by atoms with Crippen LogP contribution in [-0.2, 0) is 0 Å². The van der Waals surface area contributed by atoms with E-state index in [2.05, 4.69) is 22.1 Å². The fraction of sp³-hybridized carbons (Fsp3) is 0.250. The quantitative estimate of drug-likeness (QED) is 0.721. The molecule has 4 heteroatoms. The summed E-state index contributed by atoms with van der Waals surface area (Å²) in [6.07, 6.45) is 1.02. The van der Waals surface area contributed by atoms with E-state index in [1.807, 2.05) is 55.1 Å². The van der Waals surface area contributed by atoms with E-state index in [-0.39, 0.29) is 11.9 Å². The highest BCUT2D eigenvalue weighted by atomic mass is 16.2. The highest BCUT2D eigenvalue weighted by Crippen LogP contribution is 2.34. The average molecular weight is 317 g/mol. The topological polar surface area (TPSA) is 46.1 Å². The summed E-state index contributed by atoms with van der Waals surface area (Å²) < 4.78 is 0. The highest BCUT2D eigenvalue weighted by molar-refractivity contribution is 5.98. The minimum Gasteiger partial charge on any atom is -0.331 e. The lowest BCUT2D eigenvalue weighted by Crippen LogP contribution is -2.45. The Labute approximate surface area is 141 Å². The summed E-state index contributed by atoms with van der Waals surface area (Å²) in [6.45, 7) is 4.69. The summed E-state index contributed by atoms with van der Waals surface area (Å²) in [7, 11) is 0. The predicted molar refractivity (Wildman–Crippen MR) is 93.8 cm³/mol. The van der Waals surface area contributed by atoms with Gasteiger partial charge >= 0.3 is 0 Å². The Morgan fingerprint density at radius 2 is 1.71 bits per heavy atom. The van der Waals surface area contributed by atoms with Gasteiger partial charge in [-0.15, -0.1) is 0 Å². The molecule has 2 aromatic carbocycles. The maximum atomic E-state index is 12.9. The lowest BCUT2D eigenvalue weighted by molar-refractivity contribution is 0.0460. The number of hydrogen-bond donors (Lipinski definition) is 0. The van der Waals surface area contributed by atoms with Gasteiger partial charge in [-0.25, -0.2) is 9.97 Å². The monoisotopic (exact) mass is 317 g/mol. The molecule has 0 radical (unpaired) electrons. The van der Waals surface area contributed by atoms with Crippen LogP contribution in [0.5, 0.6) is 0 Å². The van der Waals surface area contributed by atoms with E-state index in [1.165, 1.54) is 5.56 Å². The summed E-state index contributed by atoms with van der Waals surface area (Å²) in [5.41, 5.74) is 5.31. The summed E-state index contributed by atoms with van der Waals surface area (Å²) in [5, 5.41) is 0. The third-order valence-corrected chi connectivity index (χ3v) is 4.79. The van der Waals surface area contributed by atoms with Gasteiger partial charge in [0.2, 0.25) is 0 Å². The number of carbonyl (C=O) groups is 1. The maximum Gasteiger partial charge on any atom is 0.254 e. The Bertz CT molecular complexity index is 921. The highest BCUT2D eigenvalue weighted by Gasteiger charge is 2.33. The molecule has 4 rings (SSSR count). The molecular weight excluding hydrogens is 298 g/mol. The van der Waals surface area contributed by atoms with Gasteiger partial charge in [0.25, 0.3) is 5.91 Å². The van der Waals surface area contributed by atoms with Crippen molar-refractivity contribution in [3.05, 3.63) is 71.0 Å². The number of nitrogens with zero attached hydrogens (tertiary/aromatic N) is 3. The molecule has 1 amide bonds. The molecule has 4 nitrogen and oxygen atoms in total. The molecule has 1 atom stereocenters. The van der Waals surface area contributed by atoms with Crippen LogP contribution in [0.15, 0.2) is 48.5 Å². The van der Waals surface area contributed by atoms with Crippen molar-refractivity contribution in [2.75, 3.05) is 6.54 Å². The van der Waals surface area contributed by atoms with Crippen molar-refractivity contribution < 1.29 is 4.79 Å². The van der Waals surface area contributed by atoms with Crippen LogP contribution >= 0.6 is 0 Å². The van der Waals surface area contributed by atoms with E-state index in [4.69, 9.17) is 0 Å². The van der Waals surface area contributed by atoms with Gasteiger partial charge in [-0.2, -0.15) is 0 Å². The van der Waals surface area contributed by atoms with E-state index >= 15 is 0 Å². The molecule has 0 unspecified atom stereocenters. The second-order valence-electron chi connectivity index (χ2n) is 6.31. The molecule has 0 spiro atoms. The third-order valence-electron chi connectivity index (χ3n) is 4.79. The number of fused-ring (bicyclic) bond motifs is 1. The van der Waals surface area contributed by atoms with Crippen LogP contribution in [-0.4, -0.2) is 27.3 Å². The normalized spacial score (nSPS) is 16.9. The second-order valence-corrected chi connectivity index (χ2v) is 6.31. The first-order valence-corrected chi connectivity index (χ1v) is 8.24. The fourth-order valence-corrected chi connectivity index (χ4v) is 3.18. The van der Waals surface area contributed by atoms with Crippen LogP contribution in [0.4, 0.5) is 0 Å². The van der Waals surface area contributed by atoms with Crippen LogP contribution in [0.2, 0.25) is 0 Å². The van der Waals surface area contributed by atoms with Crippen LogP contribution in [0.3, 0.4) is 0 Å². The fourth-order valence-electron chi connectivity index (χ4n) is 3.18. The summed E-state index contributed by atoms with van der Waals surface area (Å²) in [5.74, 6) is 0.0667. The molecule has 0 aliphatic carbocycles. The van der Waals surface area contributed by atoms with Crippen molar-refractivity contribution >= 4 is 16.9 Å². The number of carbonyl (C=O) groups excluding carboxylic acids is 1. The van der Waals surface area contributed by atoms with Crippen molar-refractivity contribution in [2.45, 2.75) is 26.3 Å². The van der Waals surface area contributed by atoms with E-state index in [9.17, 15) is 4.79 Å². The average Bonchev–Trinajstić information content (AvgIpc) is 2.55. The Morgan fingerprint density at radius 3 is 2.38 bits per heavy atom. The molecule has 0 saturated carbocycles. The first-order valence-electron chi connectivity index (χ1n) is 8.24. The van der Waals surface area contributed by atoms with Gasteiger partial charge in [-0.1, -0.05) is 30.3 Å². The first-order chi connectivity index (χ1) is 11.6. The number of aryl methyl sites for hydroxylation is 2. The van der Waals surface area contributed by atoms with Crippen molar-refractivity contribution in [1.29, 1.82) is 0 Å². The molecule has 0 bridgehead atoms. The number of likely N-dealkylation sites (tertiary alicyclic amines) is 1. The molecule has 1 fully saturated rings. The second kappa shape index (κ2) is 5.71. The molecule has 1 aliphatic heterocycles.